The highest BCUT2D eigenvalue weighted by atomic mass is 35.5. The summed E-state index contributed by atoms with van der Waals surface area (Å²) in [6.45, 7) is 2.40. The summed E-state index contributed by atoms with van der Waals surface area (Å²) in [5, 5.41) is 5.31. The third kappa shape index (κ3) is 3.90. The molecular formula is C19H19ClN4OS2. The first-order valence-corrected chi connectivity index (χ1v) is 11.2. The number of nitrogens with zero attached hydrogens (tertiary/aromatic N) is 3. The molecule has 4 rings (SSSR count). The predicted octanol–water partition coefficient (Wildman–Crippen LogP) is 4.60. The first kappa shape index (κ1) is 18.5. The highest BCUT2D eigenvalue weighted by molar-refractivity contribution is 7.98. The second-order valence-corrected chi connectivity index (χ2v) is 8.54. The van der Waals surface area contributed by atoms with Gasteiger partial charge in [0, 0.05) is 24.7 Å². The van der Waals surface area contributed by atoms with Gasteiger partial charge in [-0.1, -0.05) is 41.6 Å². The number of aromatic nitrogens is 2. The molecule has 3 aromatic rings. The molecule has 140 valence electrons. The average Bonchev–Trinajstić information content (AvgIpc) is 3.36. The number of fused-ring (bicyclic) bond motifs is 1. The second-order valence-electron chi connectivity index (χ2n) is 6.33. The quantitative estimate of drug-likeness (QED) is 0.484. The van der Waals surface area contributed by atoms with Crippen molar-refractivity contribution < 1.29 is 4.79 Å². The summed E-state index contributed by atoms with van der Waals surface area (Å²) in [7, 11) is 0. The minimum Gasteiger partial charge on any atom is -0.356 e. The lowest BCUT2D eigenvalue weighted by atomic mass is 10.2. The molecule has 0 unspecified atom stereocenters. The molecule has 5 nitrogen and oxygen atoms in total. The van der Waals surface area contributed by atoms with Gasteiger partial charge in [-0.15, -0.1) is 11.3 Å². The van der Waals surface area contributed by atoms with Crippen LogP contribution in [0.15, 0.2) is 35.5 Å². The lowest BCUT2D eigenvalue weighted by molar-refractivity contribution is 0.0955. The zero-order chi connectivity index (χ0) is 18.8. The van der Waals surface area contributed by atoms with Gasteiger partial charge in [-0.25, -0.2) is 9.97 Å². The van der Waals surface area contributed by atoms with E-state index in [-0.39, 0.29) is 5.91 Å². The van der Waals surface area contributed by atoms with Gasteiger partial charge in [0.1, 0.15) is 10.6 Å². The molecule has 2 aromatic heterocycles. The van der Waals surface area contributed by atoms with Gasteiger partial charge in [-0.05, 0) is 36.8 Å². The third-order valence-corrected chi connectivity index (χ3v) is 6.51. The zero-order valence-corrected chi connectivity index (χ0v) is 17.3. The van der Waals surface area contributed by atoms with E-state index in [0.29, 0.717) is 16.4 Å². The van der Waals surface area contributed by atoms with Crippen molar-refractivity contribution in [3.05, 3.63) is 45.8 Å². The smallest absolute Gasteiger partial charge is 0.261 e. The van der Waals surface area contributed by atoms with Gasteiger partial charge in [0.25, 0.3) is 5.91 Å². The van der Waals surface area contributed by atoms with Gasteiger partial charge in [0.2, 0.25) is 0 Å². The minimum atomic E-state index is -0.115. The van der Waals surface area contributed by atoms with E-state index in [4.69, 9.17) is 16.6 Å². The molecule has 0 aliphatic carbocycles. The predicted molar refractivity (Wildman–Crippen MR) is 113 cm³/mol. The molecule has 8 heteroatoms. The second kappa shape index (κ2) is 8.04. The van der Waals surface area contributed by atoms with Crippen molar-refractivity contribution >= 4 is 56.6 Å². The molecular weight excluding hydrogens is 400 g/mol. The number of anilines is 1. The molecule has 1 fully saturated rings. The first-order chi connectivity index (χ1) is 13.2. The van der Waals surface area contributed by atoms with Crippen LogP contribution in [0.3, 0.4) is 0 Å². The van der Waals surface area contributed by atoms with E-state index in [1.807, 2.05) is 36.6 Å². The average molecular weight is 419 g/mol. The molecule has 0 bridgehead atoms. The topological polar surface area (TPSA) is 58.1 Å². The number of benzene rings is 1. The number of carbonyl (C=O) groups excluding carboxylic acids is 1. The lowest BCUT2D eigenvalue weighted by Gasteiger charge is -2.17. The van der Waals surface area contributed by atoms with Crippen molar-refractivity contribution in [3.8, 4) is 0 Å². The number of nitrogens with one attached hydrogen (secondary N) is 1. The van der Waals surface area contributed by atoms with Gasteiger partial charge < -0.3 is 10.2 Å². The first-order valence-electron chi connectivity index (χ1n) is 8.78. The van der Waals surface area contributed by atoms with Crippen molar-refractivity contribution in [2.45, 2.75) is 24.5 Å². The van der Waals surface area contributed by atoms with Crippen molar-refractivity contribution in [1.82, 2.24) is 15.3 Å². The molecule has 0 saturated carbocycles. The number of thioether (sulfide) groups is 1. The van der Waals surface area contributed by atoms with E-state index in [2.05, 4.69) is 15.2 Å². The fourth-order valence-electron chi connectivity index (χ4n) is 3.16. The molecule has 0 atom stereocenters. The molecule has 1 aromatic carbocycles. The molecule has 3 heterocycles. The molecule has 27 heavy (non-hydrogen) atoms. The summed E-state index contributed by atoms with van der Waals surface area (Å²) in [6.07, 6.45) is 4.32. The molecule has 1 amide bonds. The van der Waals surface area contributed by atoms with E-state index in [9.17, 15) is 4.79 Å². The number of halogens is 1. The Morgan fingerprint density at radius 1 is 1.30 bits per heavy atom. The number of thiophene rings is 1. The molecule has 0 spiro atoms. The van der Waals surface area contributed by atoms with Crippen LogP contribution in [0, 0.1) is 0 Å². The summed E-state index contributed by atoms with van der Waals surface area (Å²) in [4.78, 5) is 25.8. The Bertz CT molecular complexity index is 985. The fourth-order valence-corrected chi connectivity index (χ4v) is 4.73. The van der Waals surface area contributed by atoms with E-state index in [0.717, 1.165) is 39.8 Å². The highest BCUT2D eigenvalue weighted by Crippen LogP contribution is 2.34. The van der Waals surface area contributed by atoms with Crippen molar-refractivity contribution in [2.75, 3.05) is 24.2 Å². The van der Waals surface area contributed by atoms with Crippen LogP contribution >= 0.6 is 34.7 Å². The maximum absolute atomic E-state index is 12.7. The third-order valence-electron chi connectivity index (χ3n) is 4.56. The van der Waals surface area contributed by atoms with Crippen LogP contribution in [-0.4, -0.2) is 35.2 Å². The van der Waals surface area contributed by atoms with Crippen molar-refractivity contribution in [1.29, 1.82) is 0 Å². The summed E-state index contributed by atoms with van der Waals surface area (Å²) in [6, 6.07) is 9.44. The maximum atomic E-state index is 12.7. The molecule has 0 radical (unpaired) electrons. The highest BCUT2D eigenvalue weighted by Gasteiger charge is 2.21. The van der Waals surface area contributed by atoms with Crippen LogP contribution in [0.25, 0.3) is 10.2 Å². The Kier molecular flexibility index (Phi) is 5.52. The Morgan fingerprint density at radius 3 is 2.81 bits per heavy atom. The van der Waals surface area contributed by atoms with E-state index in [1.54, 1.807) is 0 Å². The van der Waals surface area contributed by atoms with E-state index >= 15 is 0 Å². The summed E-state index contributed by atoms with van der Waals surface area (Å²) in [5.74, 6) is 0.833. The molecule has 1 N–H and O–H groups in total. The Balaban J connectivity index is 1.61. The standard InChI is InChI=1S/C19H19ClN4OS2/c1-26-19-22-16(24-8-4-5-9-24)13-10-15(27-18(13)23-19)17(25)21-11-12-6-2-3-7-14(12)20/h2-3,6-7,10H,4-5,8-9,11H2,1H3,(H,21,25). The lowest BCUT2D eigenvalue weighted by Crippen LogP contribution is -2.22. The summed E-state index contributed by atoms with van der Waals surface area (Å²) in [5.41, 5.74) is 0.899. The normalized spacial score (nSPS) is 14.1. The summed E-state index contributed by atoms with van der Waals surface area (Å²) < 4.78 is 0. The number of hydrogen-bond acceptors (Lipinski definition) is 6. The molecule has 1 saturated heterocycles. The Hall–Kier alpha value is -1.83. The maximum Gasteiger partial charge on any atom is 0.261 e. The van der Waals surface area contributed by atoms with E-state index in [1.165, 1.54) is 35.9 Å². The Morgan fingerprint density at radius 2 is 2.07 bits per heavy atom. The number of hydrogen-bond donors (Lipinski definition) is 1. The fraction of sp³-hybridized carbons (Fsp3) is 0.316. The van der Waals surface area contributed by atoms with Crippen LogP contribution in [0.4, 0.5) is 5.82 Å². The number of carbonyl (C=O) groups is 1. The van der Waals surface area contributed by atoms with Crippen LogP contribution in [-0.2, 0) is 6.54 Å². The minimum absolute atomic E-state index is 0.115. The van der Waals surface area contributed by atoms with Gasteiger partial charge in [0.05, 0.1) is 10.3 Å². The van der Waals surface area contributed by atoms with Crippen LogP contribution in [0.5, 0.6) is 0 Å². The zero-order valence-electron chi connectivity index (χ0n) is 14.9. The van der Waals surface area contributed by atoms with Crippen LogP contribution in [0.1, 0.15) is 28.1 Å². The summed E-state index contributed by atoms with van der Waals surface area (Å²) >= 11 is 9.11. The Labute approximate surface area is 171 Å². The van der Waals surface area contributed by atoms with Gasteiger partial charge >= 0.3 is 0 Å². The number of rotatable bonds is 5. The van der Waals surface area contributed by atoms with Crippen LogP contribution < -0.4 is 10.2 Å². The van der Waals surface area contributed by atoms with Gasteiger partial charge in [0.15, 0.2) is 5.16 Å². The van der Waals surface area contributed by atoms with Crippen molar-refractivity contribution in [3.63, 3.8) is 0 Å². The van der Waals surface area contributed by atoms with E-state index < -0.39 is 0 Å². The molecule has 1 aliphatic rings. The molecule has 1 aliphatic heterocycles. The van der Waals surface area contributed by atoms with Gasteiger partial charge in [-0.2, -0.15) is 0 Å². The number of amides is 1. The largest absolute Gasteiger partial charge is 0.356 e. The monoisotopic (exact) mass is 418 g/mol. The van der Waals surface area contributed by atoms with Crippen LogP contribution in [0.2, 0.25) is 5.02 Å². The van der Waals surface area contributed by atoms with Crippen molar-refractivity contribution in [2.24, 2.45) is 0 Å². The van der Waals surface area contributed by atoms with Gasteiger partial charge in [-0.3, -0.25) is 4.79 Å². The SMILES string of the molecule is CSc1nc(N2CCCC2)c2cc(C(=O)NCc3ccccc3Cl)sc2n1.